The molecule has 0 fully saturated rings. The van der Waals surface area contributed by atoms with Gasteiger partial charge in [-0.05, 0) is 29.2 Å². The van der Waals surface area contributed by atoms with Crippen LogP contribution in [0.4, 0.5) is 4.39 Å². The minimum Gasteiger partial charge on any atom is -0.478 e. The van der Waals surface area contributed by atoms with Gasteiger partial charge in [-0.2, -0.15) is 11.8 Å². The predicted molar refractivity (Wildman–Crippen MR) is 78.7 cm³/mol. The van der Waals surface area contributed by atoms with Crippen molar-refractivity contribution in [2.24, 2.45) is 5.92 Å². The van der Waals surface area contributed by atoms with Crippen molar-refractivity contribution in [1.29, 1.82) is 0 Å². The minimum absolute atomic E-state index is 0.281. The second-order valence-corrected chi connectivity index (χ2v) is 6.15. The third-order valence-corrected chi connectivity index (χ3v) is 4.48. The van der Waals surface area contributed by atoms with Gasteiger partial charge >= 0.3 is 5.97 Å². The molecule has 0 aromatic heterocycles. The maximum Gasteiger partial charge on any atom is 0.328 e. The highest BCUT2D eigenvalue weighted by Crippen LogP contribution is 2.25. The minimum atomic E-state index is -1.04. The average Bonchev–Trinajstić information content (AvgIpc) is 2.34. The van der Waals surface area contributed by atoms with Gasteiger partial charge in [-0.1, -0.05) is 32.9 Å². The van der Waals surface area contributed by atoms with E-state index in [1.54, 1.807) is 23.9 Å². The molecule has 1 unspecified atom stereocenters. The molecule has 0 saturated heterocycles. The van der Waals surface area contributed by atoms with E-state index in [2.05, 4.69) is 20.8 Å². The molecule has 1 atom stereocenters. The van der Waals surface area contributed by atoms with Crippen molar-refractivity contribution in [3.05, 3.63) is 41.2 Å². The van der Waals surface area contributed by atoms with Crippen molar-refractivity contribution in [2.45, 2.75) is 31.8 Å². The molecule has 0 aliphatic heterocycles. The molecule has 2 nitrogen and oxygen atoms in total. The predicted octanol–water partition coefficient (Wildman–Crippen LogP) is 4.20. The van der Waals surface area contributed by atoms with Crippen molar-refractivity contribution in [3.8, 4) is 0 Å². The number of hydrogen-bond acceptors (Lipinski definition) is 2. The van der Waals surface area contributed by atoms with Gasteiger partial charge in [-0.25, -0.2) is 9.18 Å². The van der Waals surface area contributed by atoms with Gasteiger partial charge in [0.1, 0.15) is 5.82 Å². The molecule has 0 aliphatic rings. The van der Waals surface area contributed by atoms with Crippen LogP contribution in [-0.2, 0) is 10.5 Å². The second-order valence-electron chi connectivity index (χ2n) is 4.78. The van der Waals surface area contributed by atoms with Gasteiger partial charge < -0.3 is 5.11 Å². The third-order valence-electron chi connectivity index (χ3n) is 2.94. The molecule has 1 N–H and O–H groups in total. The van der Waals surface area contributed by atoms with E-state index < -0.39 is 5.97 Å². The van der Waals surface area contributed by atoms with E-state index in [1.165, 1.54) is 12.1 Å². The van der Waals surface area contributed by atoms with E-state index in [1.807, 2.05) is 0 Å². The fraction of sp³-hybridized carbons (Fsp3) is 0.400. The number of benzene rings is 1. The standard InChI is InChI=1S/C15H19FO2S/c1-10(2)11(3)19-9-13-6-4-12(8-14(13)16)5-7-15(17)18/h4-8,10-11H,9H2,1-3H3,(H,17,18)/b7-5+. The van der Waals surface area contributed by atoms with Crippen molar-refractivity contribution in [3.63, 3.8) is 0 Å². The first-order chi connectivity index (χ1) is 8.90. The number of carboxylic acid groups (broad SMARTS) is 1. The van der Waals surface area contributed by atoms with Gasteiger partial charge in [-0.15, -0.1) is 0 Å². The van der Waals surface area contributed by atoms with Crippen LogP contribution in [0.2, 0.25) is 0 Å². The molecule has 0 spiro atoms. The van der Waals surface area contributed by atoms with E-state index >= 15 is 0 Å². The Balaban J connectivity index is 2.69. The van der Waals surface area contributed by atoms with Crippen LogP contribution in [0.3, 0.4) is 0 Å². The summed E-state index contributed by atoms with van der Waals surface area (Å²) in [7, 11) is 0. The topological polar surface area (TPSA) is 37.3 Å². The zero-order valence-corrected chi connectivity index (χ0v) is 12.2. The Hall–Kier alpha value is -1.29. The number of thioether (sulfide) groups is 1. The van der Waals surface area contributed by atoms with Gasteiger partial charge in [0.25, 0.3) is 0 Å². The molecule has 1 aromatic rings. The first kappa shape index (κ1) is 15.8. The molecule has 4 heteroatoms. The smallest absolute Gasteiger partial charge is 0.328 e. The molecular formula is C15H19FO2S. The summed E-state index contributed by atoms with van der Waals surface area (Å²) < 4.78 is 13.8. The molecule has 0 amide bonds. The van der Waals surface area contributed by atoms with Crippen molar-refractivity contribution >= 4 is 23.8 Å². The molecule has 0 radical (unpaired) electrons. The molecule has 0 aliphatic carbocycles. The number of aliphatic carboxylic acids is 1. The molecular weight excluding hydrogens is 263 g/mol. The van der Waals surface area contributed by atoms with Gasteiger partial charge in [-0.3, -0.25) is 0 Å². The lowest BCUT2D eigenvalue weighted by molar-refractivity contribution is -0.131. The number of carboxylic acids is 1. The fourth-order valence-corrected chi connectivity index (χ4v) is 2.43. The van der Waals surface area contributed by atoms with E-state index in [0.717, 1.165) is 6.08 Å². The summed E-state index contributed by atoms with van der Waals surface area (Å²) in [6.45, 7) is 6.43. The summed E-state index contributed by atoms with van der Waals surface area (Å²) in [5, 5.41) is 8.99. The van der Waals surface area contributed by atoms with Crippen LogP contribution in [-0.4, -0.2) is 16.3 Å². The van der Waals surface area contributed by atoms with Crippen molar-refractivity contribution < 1.29 is 14.3 Å². The normalized spacial score (nSPS) is 13.1. The Kier molecular flexibility index (Phi) is 6.09. The first-order valence-corrected chi connectivity index (χ1v) is 7.26. The van der Waals surface area contributed by atoms with E-state index in [-0.39, 0.29) is 5.82 Å². The van der Waals surface area contributed by atoms with E-state index in [0.29, 0.717) is 28.0 Å². The largest absolute Gasteiger partial charge is 0.478 e. The lowest BCUT2D eigenvalue weighted by Gasteiger charge is -2.15. The fourth-order valence-electron chi connectivity index (χ4n) is 1.37. The van der Waals surface area contributed by atoms with Gasteiger partial charge in [0.05, 0.1) is 0 Å². The molecule has 104 valence electrons. The highest BCUT2D eigenvalue weighted by Gasteiger charge is 2.09. The van der Waals surface area contributed by atoms with Crippen LogP contribution in [0.15, 0.2) is 24.3 Å². The number of hydrogen-bond donors (Lipinski definition) is 1. The van der Waals surface area contributed by atoms with Crippen LogP contribution in [0.1, 0.15) is 31.9 Å². The van der Waals surface area contributed by atoms with Gasteiger partial charge in [0, 0.05) is 17.1 Å². The van der Waals surface area contributed by atoms with Crippen LogP contribution in [0, 0.1) is 11.7 Å². The summed E-state index contributed by atoms with van der Waals surface area (Å²) >= 11 is 1.72. The van der Waals surface area contributed by atoms with Crippen molar-refractivity contribution in [1.82, 2.24) is 0 Å². The van der Waals surface area contributed by atoms with Crippen LogP contribution >= 0.6 is 11.8 Å². The third kappa shape index (κ3) is 5.47. The molecule has 0 saturated carbocycles. The Morgan fingerprint density at radius 3 is 2.63 bits per heavy atom. The molecule has 0 heterocycles. The van der Waals surface area contributed by atoms with Crippen LogP contribution < -0.4 is 0 Å². The van der Waals surface area contributed by atoms with E-state index in [4.69, 9.17) is 5.11 Å². The summed E-state index contributed by atoms with van der Waals surface area (Å²) in [6.07, 6.45) is 2.39. The summed E-state index contributed by atoms with van der Waals surface area (Å²) in [4.78, 5) is 10.4. The summed E-state index contributed by atoms with van der Waals surface area (Å²) in [5.41, 5.74) is 1.22. The quantitative estimate of drug-likeness (QED) is 0.794. The monoisotopic (exact) mass is 282 g/mol. The summed E-state index contributed by atoms with van der Waals surface area (Å²) in [5.74, 6) is -0.124. The highest BCUT2D eigenvalue weighted by molar-refractivity contribution is 7.99. The molecule has 1 rings (SSSR count). The zero-order valence-electron chi connectivity index (χ0n) is 11.4. The number of rotatable bonds is 6. The maximum absolute atomic E-state index is 13.8. The van der Waals surface area contributed by atoms with Crippen LogP contribution in [0.25, 0.3) is 6.08 Å². The average molecular weight is 282 g/mol. The van der Waals surface area contributed by atoms with E-state index in [9.17, 15) is 9.18 Å². The zero-order chi connectivity index (χ0) is 14.4. The second kappa shape index (κ2) is 7.34. The molecule has 0 bridgehead atoms. The van der Waals surface area contributed by atoms with Crippen molar-refractivity contribution in [2.75, 3.05) is 0 Å². The molecule has 1 aromatic carbocycles. The maximum atomic E-state index is 13.8. The first-order valence-electron chi connectivity index (χ1n) is 6.21. The Morgan fingerprint density at radius 2 is 2.11 bits per heavy atom. The number of carbonyl (C=O) groups is 1. The lowest BCUT2D eigenvalue weighted by atomic mass is 10.1. The Labute approximate surface area is 117 Å². The molecule has 19 heavy (non-hydrogen) atoms. The SMILES string of the molecule is CC(C)C(C)SCc1ccc(/C=C/C(=O)O)cc1F. The number of halogens is 1. The Morgan fingerprint density at radius 1 is 1.42 bits per heavy atom. The lowest BCUT2D eigenvalue weighted by Crippen LogP contribution is -2.06. The van der Waals surface area contributed by atoms with Gasteiger partial charge in [0.15, 0.2) is 0 Å². The highest BCUT2D eigenvalue weighted by atomic mass is 32.2. The Bertz CT molecular complexity index is 469. The summed E-state index contributed by atoms with van der Waals surface area (Å²) in [6, 6.07) is 4.82. The van der Waals surface area contributed by atoms with Gasteiger partial charge in [0.2, 0.25) is 0 Å². The van der Waals surface area contributed by atoms with Crippen LogP contribution in [0.5, 0.6) is 0 Å².